The molecule has 0 unspecified atom stereocenters. The second kappa shape index (κ2) is 18.5. The molecule has 0 bridgehead atoms. The summed E-state index contributed by atoms with van der Waals surface area (Å²) in [5, 5.41) is 20.2. The van der Waals surface area contributed by atoms with E-state index in [1.807, 2.05) is 0 Å². The van der Waals surface area contributed by atoms with Gasteiger partial charge < -0.3 is 10.2 Å². The van der Waals surface area contributed by atoms with Crippen LogP contribution in [-0.2, 0) is 0 Å². The van der Waals surface area contributed by atoms with E-state index >= 15 is 0 Å². The monoisotopic (exact) mass is 476 g/mol. The van der Waals surface area contributed by atoms with Crippen molar-refractivity contribution in [2.75, 3.05) is 13.2 Å². The van der Waals surface area contributed by atoms with Crippen LogP contribution in [0.25, 0.3) is 0 Å². The Morgan fingerprint density at radius 1 is 0.593 bits per heavy atom. The van der Waals surface area contributed by atoms with Crippen molar-refractivity contribution in [3.8, 4) is 0 Å². The molecule has 0 saturated heterocycles. The average molecular weight is 475 g/mol. The Morgan fingerprint density at radius 3 is 1.07 bits per heavy atom. The summed E-state index contributed by atoms with van der Waals surface area (Å²) in [4.78, 5) is 0. The summed E-state index contributed by atoms with van der Waals surface area (Å²) in [6, 6.07) is 21.6. The number of rotatable bonds is 8. The maximum atomic E-state index is 10.1. The molecule has 0 amide bonds. The van der Waals surface area contributed by atoms with E-state index in [0.29, 0.717) is 11.8 Å². The first-order chi connectivity index (χ1) is 13.1. The van der Waals surface area contributed by atoms with E-state index in [2.05, 4.69) is 88.4 Å². The summed E-state index contributed by atoms with van der Waals surface area (Å²) in [7, 11) is 0. The molecular weight excluding hydrogens is 439 g/mol. The van der Waals surface area contributed by atoms with Crippen molar-refractivity contribution < 1.29 is 10.2 Å². The van der Waals surface area contributed by atoms with E-state index in [-0.39, 0.29) is 13.2 Å². The molecule has 0 N–H and O–H groups in total. The Labute approximate surface area is 177 Å². The molecule has 2 nitrogen and oxygen atoms in total. The molecule has 0 fully saturated rings. The van der Waals surface area contributed by atoms with Gasteiger partial charge >= 0.3 is 89.0 Å². The van der Waals surface area contributed by atoms with E-state index in [1.165, 1.54) is 7.16 Å². The van der Waals surface area contributed by atoms with Crippen LogP contribution in [0, 0.1) is 11.8 Å². The zero-order valence-electron chi connectivity index (χ0n) is 17.5. The molecule has 2 aromatic carbocycles. The molecule has 0 heterocycles. The Morgan fingerprint density at radius 2 is 0.889 bits per heavy atom. The molecule has 148 valence electrons. The molecule has 0 saturated carbocycles. The van der Waals surface area contributed by atoms with Gasteiger partial charge in [0.1, 0.15) is 0 Å². The van der Waals surface area contributed by atoms with E-state index in [9.17, 15) is 10.2 Å². The summed E-state index contributed by atoms with van der Waals surface area (Å²) in [6.07, 6.45) is 4.17. The fraction of sp³-hybridized carbons (Fsp3) is 0.500. The van der Waals surface area contributed by atoms with Crippen molar-refractivity contribution in [2.24, 2.45) is 11.8 Å². The predicted octanol–water partition coefficient (Wildman–Crippen LogP) is 2.91. The van der Waals surface area contributed by atoms with Gasteiger partial charge in [-0.1, -0.05) is 65.2 Å². The predicted molar refractivity (Wildman–Crippen MR) is 116 cm³/mol. The van der Waals surface area contributed by atoms with E-state index in [4.69, 9.17) is 0 Å². The number of hydrogen-bond donors (Lipinski definition) is 0. The summed E-state index contributed by atoms with van der Waals surface area (Å²) < 4.78 is 3.08. The molecule has 0 aromatic heterocycles. The second-order valence-electron chi connectivity index (χ2n) is 6.56. The summed E-state index contributed by atoms with van der Waals surface area (Å²) in [6.45, 7) is 8.45. The normalized spacial score (nSPS) is 9.78. The molecule has 0 aliphatic rings. The van der Waals surface area contributed by atoms with Crippen molar-refractivity contribution in [1.82, 2.24) is 0 Å². The average Bonchev–Trinajstić information content (AvgIpc) is 2.73. The van der Waals surface area contributed by atoms with Gasteiger partial charge in [0.2, 0.25) is 0 Å². The minimum atomic E-state index is -0.517. The minimum absolute atomic E-state index is 0.104. The molecule has 3 heteroatoms. The van der Waals surface area contributed by atoms with Crippen molar-refractivity contribution in [2.45, 2.75) is 53.4 Å². The van der Waals surface area contributed by atoms with Crippen LogP contribution in [0.15, 0.2) is 60.7 Å². The fourth-order valence-electron chi connectivity index (χ4n) is 2.26. The van der Waals surface area contributed by atoms with Gasteiger partial charge in [0.15, 0.2) is 0 Å². The standard InChI is InChI=1S/2C6H13O.2C6H5.Sn/c2*1-3-6(4-2)5-7;2*1-2-4-6-5-3-1;/h2*6H,3-5H2,1-2H3;2*1-5H;/q2*-1;;;+2. The van der Waals surface area contributed by atoms with Gasteiger partial charge in [0.05, 0.1) is 0 Å². The van der Waals surface area contributed by atoms with Gasteiger partial charge in [-0.3, -0.25) is 0 Å². The molecule has 0 aliphatic carbocycles. The maximum absolute atomic E-state index is 10.1. The van der Waals surface area contributed by atoms with Crippen molar-refractivity contribution >= 4 is 28.3 Å². The van der Waals surface area contributed by atoms with E-state index < -0.39 is 21.1 Å². The molecule has 27 heavy (non-hydrogen) atoms. The van der Waals surface area contributed by atoms with Gasteiger partial charge in [0.25, 0.3) is 0 Å². The molecule has 2 rings (SSSR count). The van der Waals surface area contributed by atoms with Crippen LogP contribution in [0.1, 0.15) is 53.4 Å². The molecule has 0 aliphatic heterocycles. The van der Waals surface area contributed by atoms with E-state index in [1.54, 1.807) is 0 Å². The zero-order valence-corrected chi connectivity index (χ0v) is 20.3. The van der Waals surface area contributed by atoms with Crippen LogP contribution in [0.2, 0.25) is 0 Å². The van der Waals surface area contributed by atoms with Gasteiger partial charge in [-0.05, 0) is 0 Å². The summed E-state index contributed by atoms with van der Waals surface area (Å²) in [5.74, 6) is 0.861. The van der Waals surface area contributed by atoms with Gasteiger partial charge in [-0.25, -0.2) is 0 Å². The Bertz CT molecular complexity index is 462. The zero-order chi connectivity index (χ0) is 20.3. The SMILES string of the molecule is CCC(CC)C[O-].CCC(CC)C[O-].c1cc[c]([Sn+2][c]2ccccc2)cc1. The Hall–Kier alpha value is -0.841. The molecular formula is C24H36O2Sn. The van der Waals surface area contributed by atoms with E-state index in [0.717, 1.165) is 25.7 Å². The third kappa shape index (κ3) is 13.9. The van der Waals surface area contributed by atoms with Gasteiger partial charge in [-0.2, -0.15) is 0 Å². The first-order valence-corrected chi connectivity index (χ1v) is 13.0. The Kier molecular flexibility index (Phi) is 17.9. The van der Waals surface area contributed by atoms with Crippen LogP contribution in [0.4, 0.5) is 0 Å². The van der Waals surface area contributed by atoms with Crippen LogP contribution in [-0.4, -0.2) is 34.4 Å². The van der Waals surface area contributed by atoms with Gasteiger partial charge in [0, 0.05) is 0 Å². The summed E-state index contributed by atoms with van der Waals surface area (Å²) >= 11 is -0.517. The first-order valence-electron chi connectivity index (χ1n) is 10.2. The van der Waals surface area contributed by atoms with Crippen LogP contribution < -0.4 is 17.4 Å². The van der Waals surface area contributed by atoms with Crippen LogP contribution in [0.5, 0.6) is 0 Å². The van der Waals surface area contributed by atoms with Gasteiger partial charge in [-0.15, -0.1) is 13.2 Å². The third-order valence-corrected chi connectivity index (χ3v) is 8.17. The number of hydrogen-bond acceptors (Lipinski definition) is 2. The quantitative estimate of drug-likeness (QED) is 0.552. The van der Waals surface area contributed by atoms with Crippen molar-refractivity contribution in [3.63, 3.8) is 0 Å². The van der Waals surface area contributed by atoms with Crippen molar-refractivity contribution in [3.05, 3.63) is 60.7 Å². The molecule has 2 aromatic rings. The topological polar surface area (TPSA) is 46.1 Å². The summed E-state index contributed by atoms with van der Waals surface area (Å²) in [5.41, 5.74) is 0. The molecule has 0 spiro atoms. The van der Waals surface area contributed by atoms with Crippen molar-refractivity contribution in [1.29, 1.82) is 0 Å². The van der Waals surface area contributed by atoms with Crippen LogP contribution in [0.3, 0.4) is 0 Å². The first kappa shape index (κ1) is 26.2. The van der Waals surface area contributed by atoms with Crippen LogP contribution >= 0.6 is 0 Å². The fourth-order valence-corrected chi connectivity index (χ4v) is 5.26. The second-order valence-corrected chi connectivity index (χ2v) is 10.6. The Balaban J connectivity index is 0.000000416. The number of benzene rings is 2. The third-order valence-electron chi connectivity index (χ3n) is 4.62. The molecule has 0 radical (unpaired) electrons. The molecule has 0 atom stereocenters.